The van der Waals surface area contributed by atoms with Crippen molar-refractivity contribution in [1.29, 1.82) is 0 Å². The Hall–Kier alpha value is -4.02. The largest absolute Gasteiger partial charge is 0.487 e. The Labute approximate surface area is 248 Å². The second-order valence-electron chi connectivity index (χ2n) is 10.9. The first-order valence-electron chi connectivity index (χ1n) is 14.4. The third-order valence-electron chi connectivity index (χ3n) is 8.09. The molecule has 1 aliphatic heterocycles. The molecule has 2 atom stereocenters. The van der Waals surface area contributed by atoms with Crippen LogP contribution >= 0.6 is 11.3 Å². The van der Waals surface area contributed by atoms with Crippen molar-refractivity contribution in [3.63, 3.8) is 0 Å². The molecule has 0 saturated heterocycles. The summed E-state index contributed by atoms with van der Waals surface area (Å²) in [5.41, 5.74) is 5.72. The molecule has 6 rings (SSSR count). The normalized spacial score (nSPS) is 16.2. The van der Waals surface area contributed by atoms with Crippen LogP contribution in [0.15, 0.2) is 52.8 Å². The first-order chi connectivity index (χ1) is 20.3. The first-order valence-corrected chi connectivity index (χ1v) is 15.3. The number of esters is 1. The van der Waals surface area contributed by atoms with Gasteiger partial charge in [-0.1, -0.05) is 13.0 Å². The highest BCUT2D eigenvalue weighted by Gasteiger charge is 2.26. The zero-order valence-electron chi connectivity index (χ0n) is 24.3. The van der Waals surface area contributed by atoms with Gasteiger partial charge in [0.25, 0.3) is 0 Å². The van der Waals surface area contributed by atoms with Gasteiger partial charge in [-0.05, 0) is 84.5 Å². The van der Waals surface area contributed by atoms with Gasteiger partial charge in [0.1, 0.15) is 17.7 Å². The van der Waals surface area contributed by atoms with Gasteiger partial charge in [0.15, 0.2) is 5.65 Å². The summed E-state index contributed by atoms with van der Waals surface area (Å²) >= 11 is 1.72. The number of pyridine rings is 2. The number of nitrogens with zero attached hydrogens (tertiary/aromatic N) is 4. The lowest BCUT2D eigenvalue weighted by atomic mass is 9.85. The second-order valence-corrected chi connectivity index (χ2v) is 11.8. The van der Waals surface area contributed by atoms with Crippen molar-refractivity contribution in [1.82, 2.24) is 24.5 Å². The van der Waals surface area contributed by atoms with Crippen LogP contribution in [0.25, 0.3) is 15.7 Å². The summed E-state index contributed by atoms with van der Waals surface area (Å²) in [5.74, 6) is 1.10. The van der Waals surface area contributed by atoms with E-state index in [9.17, 15) is 9.59 Å². The van der Waals surface area contributed by atoms with Crippen LogP contribution in [0.3, 0.4) is 0 Å². The van der Waals surface area contributed by atoms with E-state index in [2.05, 4.69) is 56.7 Å². The summed E-state index contributed by atoms with van der Waals surface area (Å²) in [6, 6.07) is 11.9. The van der Waals surface area contributed by atoms with E-state index in [0.717, 1.165) is 58.0 Å². The van der Waals surface area contributed by atoms with Gasteiger partial charge in [0, 0.05) is 42.5 Å². The number of H-pyrrole nitrogens is 1. The molecule has 5 aromatic rings. The Balaban J connectivity index is 1.42. The molecular formula is C32H35N5O4S. The van der Waals surface area contributed by atoms with Crippen LogP contribution in [0.4, 0.5) is 0 Å². The number of carbonyl (C=O) groups excluding carboxylic acids is 1. The molecule has 5 heterocycles. The Kier molecular flexibility index (Phi) is 7.83. The fourth-order valence-electron chi connectivity index (χ4n) is 5.98. The van der Waals surface area contributed by atoms with Gasteiger partial charge in [-0.2, -0.15) is 0 Å². The molecule has 1 aliphatic rings. The standard InChI is InChI=1S/C32H35N5O4S/c1-5-24-17-36(18-27-28(41-24)7-8-29(38)33-27)16-23-14-22(13-21-10-12-42-31(21)23)26(15-30(39)40-6-2)25-9-11-37-20(4)34-35-32(37)19(25)3/h7-14,24,26H,5-6,15-18H2,1-4H3,(H,33,38)/t24-,26?/m1/s1. The average Bonchev–Trinajstić information content (AvgIpc) is 3.56. The number of rotatable bonds is 8. The summed E-state index contributed by atoms with van der Waals surface area (Å²) < 4.78 is 14.9. The van der Waals surface area contributed by atoms with Crippen molar-refractivity contribution < 1.29 is 14.3 Å². The molecule has 0 fully saturated rings. The molecule has 42 heavy (non-hydrogen) atoms. The number of hydrogen-bond donors (Lipinski definition) is 1. The number of ether oxygens (including phenoxy) is 2. The van der Waals surface area contributed by atoms with Crippen LogP contribution in [-0.4, -0.2) is 49.7 Å². The molecule has 1 N–H and O–H groups in total. The molecule has 0 radical (unpaired) electrons. The lowest BCUT2D eigenvalue weighted by molar-refractivity contribution is -0.143. The van der Waals surface area contributed by atoms with E-state index in [1.807, 2.05) is 31.4 Å². The zero-order chi connectivity index (χ0) is 29.4. The van der Waals surface area contributed by atoms with E-state index in [1.54, 1.807) is 17.4 Å². The molecule has 0 bridgehead atoms. The average molecular weight is 586 g/mol. The molecule has 1 aromatic carbocycles. The van der Waals surface area contributed by atoms with Crippen LogP contribution in [-0.2, 0) is 22.6 Å². The highest BCUT2D eigenvalue weighted by Crippen LogP contribution is 2.37. The number of aryl methyl sites for hydroxylation is 2. The number of benzene rings is 1. The third-order valence-corrected chi connectivity index (χ3v) is 9.09. The summed E-state index contributed by atoms with van der Waals surface area (Å²) in [6.07, 6.45) is 3.07. The van der Waals surface area contributed by atoms with Crippen LogP contribution in [0.1, 0.15) is 66.4 Å². The third kappa shape index (κ3) is 5.44. The molecule has 4 aromatic heterocycles. The van der Waals surface area contributed by atoms with Crippen molar-refractivity contribution in [2.45, 2.75) is 65.6 Å². The van der Waals surface area contributed by atoms with Gasteiger partial charge in [-0.3, -0.25) is 18.9 Å². The Morgan fingerprint density at radius 3 is 2.86 bits per heavy atom. The van der Waals surface area contributed by atoms with Crippen LogP contribution in [0.5, 0.6) is 5.75 Å². The van der Waals surface area contributed by atoms with Crippen LogP contribution in [0, 0.1) is 13.8 Å². The predicted molar refractivity (Wildman–Crippen MR) is 163 cm³/mol. The molecule has 0 aliphatic carbocycles. The van der Waals surface area contributed by atoms with E-state index < -0.39 is 0 Å². The minimum absolute atomic E-state index is 0.0108. The fraction of sp³-hybridized carbons (Fsp3) is 0.375. The number of thiophene rings is 1. The molecule has 9 nitrogen and oxygen atoms in total. The lowest BCUT2D eigenvalue weighted by Crippen LogP contribution is -2.32. The molecule has 10 heteroatoms. The summed E-state index contributed by atoms with van der Waals surface area (Å²) in [4.78, 5) is 30.4. The van der Waals surface area contributed by atoms with Gasteiger partial charge >= 0.3 is 5.97 Å². The minimum atomic E-state index is -0.234. The predicted octanol–water partition coefficient (Wildman–Crippen LogP) is 5.51. The van der Waals surface area contributed by atoms with Crippen molar-refractivity contribution in [2.75, 3.05) is 13.2 Å². The van der Waals surface area contributed by atoms with E-state index in [-0.39, 0.29) is 30.0 Å². The van der Waals surface area contributed by atoms with E-state index in [4.69, 9.17) is 9.47 Å². The number of hydrogen-bond acceptors (Lipinski definition) is 8. The van der Waals surface area contributed by atoms with Crippen molar-refractivity contribution in [3.05, 3.63) is 92.1 Å². The maximum absolute atomic E-state index is 12.9. The van der Waals surface area contributed by atoms with Gasteiger partial charge in [-0.25, -0.2) is 0 Å². The topological polar surface area (TPSA) is 102 Å². The maximum atomic E-state index is 12.9. The highest BCUT2D eigenvalue weighted by molar-refractivity contribution is 7.17. The SMILES string of the molecule is CCOC(=O)CC(c1cc(CN2Cc3[nH]c(=O)ccc3O[C@H](CC)C2)c2sccc2c1)c1ccn2c(C)nnc2c1C. The van der Waals surface area contributed by atoms with Crippen molar-refractivity contribution in [3.8, 4) is 5.75 Å². The molecule has 0 spiro atoms. The number of aromatic amines is 1. The number of fused-ring (bicyclic) bond motifs is 3. The number of nitrogens with one attached hydrogen (secondary N) is 1. The lowest BCUT2D eigenvalue weighted by Gasteiger charge is -2.25. The van der Waals surface area contributed by atoms with Gasteiger partial charge < -0.3 is 14.5 Å². The van der Waals surface area contributed by atoms with Gasteiger partial charge in [-0.15, -0.1) is 21.5 Å². The quantitative estimate of drug-likeness (QED) is 0.240. The fourth-order valence-corrected chi connectivity index (χ4v) is 6.87. The number of carbonyl (C=O) groups is 1. The Morgan fingerprint density at radius 2 is 2.05 bits per heavy atom. The second kappa shape index (κ2) is 11.7. The van der Waals surface area contributed by atoms with Gasteiger partial charge in [0.05, 0.1) is 18.7 Å². The van der Waals surface area contributed by atoms with E-state index >= 15 is 0 Å². The molecule has 1 unspecified atom stereocenters. The highest BCUT2D eigenvalue weighted by atomic mass is 32.1. The number of aromatic nitrogens is 4. The van der Waals surface area contributed by atoms with Crippen LogP contribution in [0.2, 0.25) is 0 Å². The summed E-state index contributed by atoms with van der Waals surface area (Å²) in [7, 11) is 0. The first kappa shape index (κ1) is 28.1. The summed E-state index contributed by atoms with van der Waals surface area (Å²) in [6.45, 7) is 10.2. The summed E-state index contributed by atoms with van der Waals surface area (Å²) in [5, 5.41) is 11.9. The monoisotopic (exact) mass is 585 g/mol. The smallest absolute Gasteiger partial charge is 0.306 e. The molecule has 0 saturated carbocycles. The molecule has 218 valence electrons. The molecule has 0 amide bonds. The Morgan fingerprint density at radius 1 is 1.19 bits per heavy atom. The minimum Gasteiger partial charge on any atom is -0.487 e. The van der Waals surface area contributed by atoms with E-state index in [1.165, 1.54) is 16.3 Å². The maximum Gasteiger partial charge on any atom is 0.306 e. The van der Waals surface area contributed by atoms with Crippen LogP contribution < -0.4 is 10.3 Å². The van der Waals surface area contributed by atoms with Gasteiger partial charge in [0.2, 0.25) is 5.56 Å². The Bertz CT molecular complexity index is 1820. The van der Waals surface area contributed by atoms with Crippen molar-refractivity contribution >= 4 is 33.0 Å². The zero-order valence-corrected chi connectivity index (χ0v) is 25.2. The molecular weight excluding hydrogens is 550 g/mol. The van der Waals surface area contributed by atoms with Crippen molar-refractivity contribution in [2.24, 2.45) is 0 Å². The van der Waals surface area contributed by atoms with E-state index in [0.29, 0.717) is 19.7 Å².